The van der Waals surface area contributed by atoms with Crippen molar-refractivity contribution in [3.8, 4) is 0 Å². The van der Waals surface area contributed by atoms with Gasteiger partial charge in [0, 0.05) is 17.3 Å². The molecule has 0 bridgehead atoms. The minimum atomic E-state index is -0.942. The van der Waals surface area contributed by atoms with Crippen LogP contribution in [0.3, 0.4) is 0 Å². The van der Waals surface area contributed by atoms with Crippen molar-refractivity contribution in [2.24, 2.45) is 5.16 Å². The number of hydrogen-bond acceptors (Lipinski definition) is 12. The van der Waals surface area contributed by atoms with Crippen molar-refractivity contribution in [3.05, 3.63) is 124 Å². The molecule has 3 N–H and O–H groups in total. The highest BCUT2D eigenvalue weighted by atomic mass is 32.2. The number of carbonyl (C=O) groups excluding carboxylic acids is 3. The largest absolute Gasteiger partial charge is 0.448 e. The van der Waals surface area contributed by atoms with E-state index in [2.05, 4.69) is 25.7 Å². The van der Waals surface area contributed by atoms with E-state index in [-0.39, 0.29) is 22.2 Å². The number of ether oxygens (including phenoxy) is 1. The third-order valence-corrected chi connectivity index (χ3v) is 9.09. The first kappa shape index (κ1) is 30.7. The van der Waals surface area contributed by atoms with E-state index in [1.54, 1.807) is 35.9 Å². The Morgan fingerprint density at radius 2 is 1.78 bits per heavy atom. The summed E-state index contributed by atoms with van der Waals surface area (Å²) < 4.78 is 6.19. The highest BCUT2D eigenvalue weighted by molar-refractivity contribution is 8.00. The second-order valence-electron chi connectivity index (χ2n) is 10.0. The van der Waals surface area contributed by atoms with Crippen molar-refractivity contribution in [2.45, 2.75) is 17.5 Å². The molecule has 1 saturated heterocycles. The lowest BCUT2D eigenvalue weighted by atomic mass is 10.00. The fourth-order valence-electron chi connectivity index (χ4n) is 5.00. The number of rotatable bonds is 10. The van der Waals surface area contributed by atoms with E-state index < -0.39 is 35.3 Å². The Morgan fingerprint density at radius 1 is 1.07 bits per heavy atom. The van der Waals surface area contributed by atoms with Crippen LogP contribution in [0.4, 0.5) is 5.13 Å². The zero-order chi connectivity index (χ0) is 32.0. The summed E-state index contributed by atoms with van der Waals surface area (Å²) in [7, 11) is 1.30. The molecule has 4 aromatic rings. The molecule has 4 heterocycles. The number of allylic oxidation sites excluding steroid dienone is 1. The van der Waals surface area contributed by atoms with Gasteiger partial charge in [0.25, 0.3) is 11.8 Å². The van der Waals surface area contributed by atoms with Crippen molar-refractivity contribution in [1.29, 1.82) is 0 Å². The van der Waals surface area contributed by atoms with E-state index in [4.69, 9.17) is 15.3 Å². The number of hydrogen-bond donors (Lipinski definition) is 2. The molecule has 0 spiro atoms. The van der Waals surface area contributed by atoms with Crippen LogP contribution in [0.15, 0.2) is 107 Å². The van der Waals surface area contributed by atoms with E-state index >= 15 is 0 Å². The van der Waals surface area contributed by atoms with Crippen LogP contribution in [0.25, 0.3) is 6.08 Å². The van der Waals surface area contributed by atoms with Gasteiger partial charge in [-0.2, -0.15) is 10.2 Å². The Kier molecular flexibility index (Phi) is 9.17. The molecule has 2 atom stereocenters. The second kappa shape index (κ2) is 13.7. The normalized spacial score (nSPS) is 17.9. The van der Waals surface area contributed by atoms with Gasteiger partial charge in [-0.15, -0.1) is 23.1 Å². The predicted octanol–water partition coefficient (Wildman–Crippen LogP) is 3.57. The topological polar surface area (TPSA) is 162 Å². The number of benzene rings is 2. The number of thiazole rings is 1. The van der Waals surface area contributed by atoms with Gasteiger partial charge in [0.15, 0.2) is 16.9 Å². The molecule has 1 unspecified atom stereocenters. The van der Waals surface area contributed by atoms with E-state index in [0.717, 1.165) is 22.5 Å². The number of amides is 2. The summed E-state index contributed by atoms with van der Waals surface area (Å²) in [6.45, 7) is 0. The molecule has 46 heavy (non-hydrogen) atoms. The number of oxime groups is 1. The van der Waals surface area contributed by atoms with Gasteiger partial charge in [0.1, 0.15) is 29.9 Å². The summed E-state index contributed by atoms with van der Waals surface area (Å²) >= 11 is 2.54. The lowest BCUT2D eigenvalue weighted by Gasteiger charge is -2.49. The fourth-order valence-corrected chi connectivity index (χ4v) is 6.86. The molecular formula is C32H27N7O5S2. The first-order chi connectivity index (χ1) is 22.4. The molecule has 232 valence electrons. The monoisotopic (exact) mass is 653 g/mol. The van der Waals surface area contributed by atoms with Gasteiger partial charge >= 0.3 is 5.97 Å². The maximum atomic E-state index is 14.1. The zero-order valence-electron chi connectivity index (χ0n) is 24.3. The number of nitrogen functional groups attached to an aromatic ring is 1. The first-order valence-electron chi connectivity index (χ1n) is 14.0. The molecular weight excluding hydrogens is 627 g/mol. The molecule has 0 aliphatic carbocycles. The van der Waals surface area contributed by atoms with Gasteiger partial charge in [0.2, 0.25) is 0 Å². The maximum absolute atomic E-state index is 14.1. The molecule has 1 fully saturated rings. The molecule has 2 aromatic carbocycles. The third kappa shape index (κ3) is 6.39. The molecule has 2 aliphatic heterocycles. The van der Waals surface area contributed by atoms with Gasteiger partial charge < -0.3 is 20.6 Å². The number of esters is 1. The molecule has 2 amide bonds. The smallest absolute Gasteiger partial charge is 0.356 e. The molecule has 2 aromatic heterocycles. The third-order valence-electron chi connectivity index (χ3n) is 7.12. The standard InChI is InChI=1S/C32H27N7O5S2/c1-43-38-24(23-18-46-32(33)35-23)28(40)36-25-29(41)39-26(21(17-45-30(25)39)14-15-22-13-8-16-34-37-22)31(42)44-27(19-9-4-2-5-10-19)20-11-6-3-7-12-20/h2-16,18,25,27,30H,17H2,1H3,(H2,33,35)(H,36,40)/b15-14+,38-24+/t25?,30-/m1/s1. The fraction of sp³-hybridized carbons (Fsp3) is 0.156. The maximum Gasteiger partial charge on any atom is 0.356 e. The Bertz CT molecular complexity index is 1790. The number of carbonyl (C=O) groups is 3. The minimum absolute atomic E-state index is 0.0920. The summed E-state index contributed by atoms with van der Waals surface area (Å²) in [6, 6.07) is 21.3. The zero-order valence-corrected chi connectivity index (χ0v) is 26.0. The number of thioether (sulfide) groups is 1. The average Bonchev–Trinajstić information content (AvgIpc) is 3.53. The Balaban J connectivity index is 1.31. The van der Waals surface area contributed by atoms with Crippen molar-refractivity contribution < 1.29 is 24.0 Å². The predicted molar refractivity (Wildman–Crippen MR) is 174 cm³/mol. The number of fused-ring (bicyclic) bond motifs is 1. The van der Waals surface area contributed by atoms with Crippen LogP contribution >= 0.6 is 23.1 Å². The quantitative estimate of drug-likeness (QED) is 0.112. The summed E-state index contributed by atoms with van der Waals surface area (Å²) in [5, 5.41) is 15.8. The highest BCUT2D eigenvalue weighted by Gasteiger charge is 2.54. The van der Waals surface area contributed by atoms with Crippen LogP contribution in [0.1, 0.15) is 28.6 Å². The molecule has 0 radical (unpaired) electrons. The number of nitrogens with zero attached hydrogens (tertiary/aromatic N) is 5. The van der Waals surface area contributed by atoms with Crippen LogP contribution in [0.5, 0.6) is 0 Å². The van der Waals surface area contributed by atoms with E-state index in [0.29, 0.717) is 17.0 Å². The van der Waals surface area contributed by atoms with E-state index in [1.807, 2.05) is 60.7 Å². The summed E-state index contributed by atoms with van der Waals surface area (Å²) in [4.78, 5) is 51.4. The van der Waals surface area contributed by atoms with Crippen LogP contribution in [-0.2, 0) is 24.0 Å². The van der Waals surface area contributed by atoms with E-state index in [9.17, 15) is 14.4 Å². The number of nitrogens with two attached hydrogens (primary N) is 1. The number of β-lactam (4-membered cyclic amide) rings is 1. The Morgan fingerprint density at radius 3 is 2.39 bits per heavy atom. The van der Waals surface area contributed by atoms with Crippen LogP contribution < -0.4 is 11.1 Å². The Labute approximate surface area is 272 Å². The molecule has 2 aliphatic rings. The first-order valence-corrected chi connectivity index (χ1v) is 16.0. The average molecular weight is 654 g/mol. The number of aromatic nitrogens is 3. The number of anilines is 1. The highest BCUT2D eigenvalue weighted by Crippen LogP contribution is 2.42. The molecule has 12 nitrogen and oxygen atoms in total. The summed E-state index contributed by atoms with van der Waals surface area (Å²) in [5.41, 5.74) is 8.61. The van der Waals surface area contributed by atoms with Gasteiger partial charge in [-0.25, -0.2) is 9.78 Å². The van der Waals surface area contributed by atoms with Gasteiger partial charge in [-0.1, -0.05) is 71.9 Å². The molecule has 6 rings (SSSR count). The Hall–Kier alpha value is -5.34. The van der Waals surface area contributed by atoms with Crippen LogP contribution in [-0.4, -0.2) is 67.9 Å². The summed E-state index contributed by atoms with van der Waals surface area (Å²) in [6.07, 6.45) is 4.29. The van der Waals surface area contributed by atoms with Crippen molar-refractivity contribution in [3.63, 3.8) is 0 Å². The van der Waals surface area contributed by atoms with Crippen LogP contribution in [0.2, 0.25) is 0 Å². The van der Waals surface area contributed by atoms with Gasteiger partial charge in [0.05, 0.1) is 5.69 Å². The molecule has 14 heteroatoms. The van der Waals surface area contributed by atoms with Crippen molar-refractivity contribution >= 4 is 57.8 Å². The molecule has 0 saturated carbocycles. The van der Waals surface area contributed by atoms with Gasteiger partial charge in [-0.05, 0) is 34.9 Å². The lowest BCUT2D eigenvalue weighted by Crippen LogP contribution is -2.71. The second-order valence-corrected chi connectivity index (χ2v) is 12.0. The number of nitrogens with one attached hydrogen (secondary N) is 1. The van der Waals surface area contributed by atoms with Crippen molar-refractivity contribution in [1.82, 2.24) is 25.4 Å². The van der Waals surface area contributed by atoms with Gasteiger partial charge in [-0.3, -0.25) is 14.5 Å². The minimum Gasteiger partial charge on any atom is -0.448 e. The van der Waals surface area contributed by atoms with Crippen LogP contribution in [0, 0.1) is 0 Å². The van der Waals surface area contributed by atoms with E-state index in [1.165, 1.54) is 23.8 Å². The summed E-state index contributed by atoms with van der Waals surface area (Å²) in [5.74, 6) is -1.47. The van der Waals surface area contributed by atoms with Crippen molar-refractivity contribution in [2.75, 3.05) is 18.6 Å². The lowest BCUT2D eigenvalue weighted by molar-refractivity contribution is -0.154. The SMILES string of the molecule is CO/N=C(/C(=O)NC1C(=O)N2C(C(=O)OC(c3ccccc3)c3ccccc3)=C(/C=C/c3cccnn3)CS[C@H]12)c1csc(N)n1.